The third kappa shape index (κ3) is 2.33. The second-order valence-electron chi connectivity index (χ2n) is 4.47. The minimum Gasteiger partial charge on any atom is -0.316 e. The van der Waals surface area contributed by atoms with Crippen molar-refractivity contribution in [2.45, 2.75) is 18.8 Å². The smallest absolute Gasteiger partial charge is 0.133 e. The van der Waals surface area contributed by atoms with Gasteiger partial charge in [-0.1, -0.05) is 22.0 Å². The molecule has 1 fully saturated rings. The predicted molar refractivity (Wildman–Crippen MR) is 72.1 cm³/mol. The first-order chi connectivity index (χ1) is 8.33. The summed E-state index contributed by atoms with van der Waals surface area (Å²) in [6.45, 7) is 2.12. The standard InChI is InChI=1S/C13H14BrN3/c14-11-4-3-9-8-16-13(17-12(9)6-11)10-2-1-5-15-7-10/h3-4,6,8,10,15H,1-2,5,7H2. The molecule has 17 heavy (non-hydrogen) atoms. The third-order valence-electron chi connectivity index (χ3n) is 3.23. The molecular formula is C13H14BrN3. The van der Waals surface area contributed by atoms with Crippen molar-refractivity contribution < 1.29 is 0 Å². The van der Waals surface area contributed by atoms with Crippen LogP contribution in [-0.4, -0.2) is 23.1 Å². The summed E-state index contributed by atoms with van der Waals surface area (Å²) >= 11 is 3.48. The Morgan fingerprint density at radius 2 is 2.29 bits per heavy atom. The highest BCUT2D eigenvalue weighted by atomic mass is 79.9. The summed E-state index contributed by atoms with van der Waals surface area (Å²) < 4.78 is 1.07. The molecule has 2 heterocycles. The summed E-state index contributed by atoms with van der Waals surface area (Å²) in [5.41, 5.74) is 1.02. The molecule has 1 atom stereocenters. The zero-order chi connectivity index (χ0) is 11.7. The molecule has 2 aromatic rings. The van der Waals surface area contributed by atoms with E-state index in [0.29, 0.717) is 5.92 Å². The van der Waals surface area contributed by atoms with Crippen molar-refractivity contribution in [2.24, 2.45) is 0 Å². The van der Waals surface area contributed by atoms with Crippen LogP contribution >= 0.6 is 15.9 Å². The van der Waals surface area contributed by atoms with Crippen LogP contribution < -0.4 is 5.32 Å². The average Bonchev–Trinajstić information content (AvgIpc) is 2.39. The van der Waals surface area contributed by atoms with E-state index in [-0.39, 0.29) is 0 Å². The minimum atomic E-state index is 0.465. The molecular weight excluding hydrogens is 278 g/mol. The second-order valence-corrected chi connectivity index (χ2v) is 5.39. The van der Waals surface area contributed by atoms with E-state index in [1.807, 2.05) is 18.3 Å². The summed E-state index contributed by atoms with van der Waals surface area (Å²) in [5.74, 6) is 1.44. The first-order valence-corrected chi connectivity index (χ1v) is 6.75. The highest BCUT2D eigenvalue weighted by molar-refractivity contribution is 9.10. The molecule has 1 aromatic heterocycles. The number of rotatable bonds is 1. The summed E-state index contributed by atoms with van der Waals surface area (Å²) in [6, 6.07) is 6.12. The van der Waals surface area contributed by atoms with Gasteiger partial charge in [0.05, 0.1) is 5.52 Å². The zero-order valence-corrected chi connectivity index (χ0v) is 11.1. The van der Waals surface area contributed by atoms with Crippen LogP contribution in [0.25, 0.3) is 10.9 Å². The summed E-state index contributed by atoms with van der Waals surface area (Å²) in [5, 5.41) is 4.50. The molecule has 3 rings (SSSR count). The van der Waals surface area contributed by atoms with E-state index in [2.05, 4.69) is 37.3 Å². The average molecular weight is 292 g/mol. The highest BCUT2D eigenvalue weighted by Gasteiger charge is 2.17. The number of aromatic nitrogens is 2. The molecule has 3 nitrogen and oxygen atoms in total. The van der Waals surface area contributed by atoms with Crippen LogP contribution in [-0.2, 0) is 0 Å². The van der Waals surface area contributed by atoms with Gasteiger partial charge in [0.1, 0.15) is 5.82 Å². The maximum atomic E-state index is 4.68. The van der Waals surface area contributed by atoms with Crippen molar-refractivity contribution in [3.8, 4) is 0 Å². The van der Waals surface area contributed by atoms with Crippen molar-refractivity contribution in [1.29, 1.82) is 0 Å². The van der Waals surface area contributed by atoms with Crippen molar-refractivity contribution in [3.05, 3.63) is 34.7 Å². The van der Waals surface area contributed by atoms with Gasteiger partial charge in [0.15, 0.2) is 0 Å². The molecule has 0 saturated carbocycles. The highest BCUT2D eigenvalue weighted by Crippen LogP contribution is 2.23. The quantitative estimate of drug-likeness (QED) is 0.878. The molecule has 0 amide bonds. The number of benzene rings is 1. The van der Waals surface area contributed by atoms with E-state index in [4.69, 9.17) is 0 Å². The molecule has 1 aliphatic rings. The number of hydrogen-bond acceptors (Lipinski definition) is 3. The molecule has 1 saturated heterocycles. The maximum Gasteiger partial charge on any atom is 0.133 e. The molecule has 4 heteroatoms. The Morgan fingerprint density at radius 1 is 1.35 bits per heavy atom. The normalized spacial score (nSPS) is 20.6. The van der Waals surface area contributed by atoms with Gasteiger partial charge in [0.2, 0.25) is 0 Å². The Morgan fingerprint density at radius 3 is 3.12 bits per heavy atom. The molecule has 1 aliphatic heterocycles. The molecule has 0 spiro atoms. The number of hydrogen-bond donors (Lipinski definition) is 1. The van der Waals surface area contributed by atoms with Crippen LogP contribution in [0.4, 0.5) is 0 Å². The fourth-order valence-corrected chi connectivity index (χ4v) is 2.63. The van der Waals surface area contributed by atoms with Crippen molar-refractivity contribution in [3.63, 3.8) is 0 Å². The molecule has 88 valence electrons. The fourth-order valence-electron chi connectivity index (χ4n) is 2.28. The lowest BCUT2D eigenvalue weighted by Gasteiger charge is -2.21. The summed E-state index contributed by atoms with van der Waals surface area (Å²) in [7, 11) is 0. The summed E-state index contributed by atoms with van der Waals surface area (Å²) in [4.78, 5) is 9.17. The second kappa shape index (κ2) is 4.70. The van der Waals surface area contributed by atoms with Crippen LogP contribution in [0, 0.1) is 0 Å². The van der Waals surface area contributed by atoms with E-state index in [1.165, 1.54) is 12.8 Å². The van der Waals surface area contributed by atoms with Crippen LogP contribution in [0.2, 0.25) is 0 Å². The Hall–Kier alpha value is -1.00. The Balaban J connectivity index is 1.99. The Bertz CT molecular complexity index is 535. The number of nitrogens with one attached hydrogen (secondary N) is 1. The number of piperidine rings is 1. The van der Waals surface area contributed by atoms with E-state index >= 15 is 0 Å². The topological polar surface area (TPSA) is 37.8 Å². The fraction of sp³-hybridized carbons (Fsp3) is 0.385. The lowest BCUT2D eigenvalue weighted by Crippen LogP contribution is -2.29. The van der Waals surface area contributed by atoms with Gasteiger partial charge in [-0.2, -0.15) is 0 Å². The van der Waals surface area contributed by atoms with Gasteiger partial charge < -0.3 is 5.32 Å². The van der Waals surface area contributed by atoms with Gasteiger partial charge in [-0.25, -0.2) is 9.97 Å². The maximum absolute atomic E-state index is 4.68. The van der Waals surface area contributed by atoms with Gasteiger partial charge in [-0.05, 0) is 31.5 Å². The monoisotopic (exact) mass is 291 g/mol. The minimum absolute atomic E-state index is 0.465. The first kappa shape index (κ1) is 11.1. The lowest BCUT2D eigenvalue weighted by atomic mass is 9.99. The van der Waals surface area contributed by atoms with Crippen LogP contribution in [0.3, 0.4) is 0 Å². The van der Waals surface area contributed by atoms with Crippen LogP contribution in [0.5, 0.6) is 0 Å². The molecule has 0 bridgehead atoms. The molecule has 1 aromatic carbocycles. The van der Waals surface area contributed by atoms with Crippen molar-refractivity contribution in [1.82, 2.24) is 15.3 Å². The van der Waals surface area contributed by atoms with Crippen molar-refractivity contribution >= 4 is 26.8 Å². The third-order valence-corrected chi connectivity index (χ3v) is 3.72. The number of halogens is 1. The Kier molecular flexibility index (Phi) is 3.07. The van der Waals surface area contributed by atoms with E-state index in [0.717, 1.165) is 34.3 Å². The lowest BCUT2D eigenvalue weighted by molar-refractivity contribution is 0.447. The predicted octanol–water partition coefficient (Wildman–Crippen LogP) is 2.86. The van der Waals surface area contributed by atoms with E-state index in [9.17, 15) is 0 Å². The SMILES string of the molecule is Brc1ccc2cnc(C3CCCNC3)nc2c1. The molecule has 1 unspecified atom stereocenters. The Labute approximate surface area is 109 Å². The number of fused-ring (bicyclic) bond motifs is 1. The van der Waals surface area contributed by atoms with Crippen molar-refractivity contribution in [2.75, 3.05) is 13.1 Å². The molecule has 0 aliphatic carbocycles. The zero-order valence-electron chi connectivity index (χ0n) is 9.49. The molecule has 1 N–H and O–H groups in total. The van der Waals surface area contributed by atoms with E-state index < -0.39 is 0 Å². The van der Waals surface area contributed by atoms with Gasteiger partial charge in [0, 0.05) is 28.5 Å². The summed E-state index contributed by atoms with van der Waals surface area (Å²) in [6.07, 6.45) is 4.33. The van der Waals surface area contributed by atoms with Gasteiger partial charge in [0.25, 0.3) is 0 Å². The van der Waals surface area contributed by atoms with Crippen LogP contribution in [0.15, 0.2) is 28.9 Å². The number of nitrogens with zero attached hydrogens (tertiary/aromatic N) is 2. The van der Waals surface area contributed by atoms with Gasteiger partial charge in [-0.15, -0.1) is 0 Å². The van der Waals surface area contributed by atoms with Gasteiger partial charge >= 0.3 is 0 Å². The van der Waals surface area contributed by atoms with E-state index in [1.54, 1.807) is 0 Å². The molecule has 0 radical (unpaired) electrons. The largest absolute Gasteiger partial charge is 0.316 e. The first-order valence-electron chi connectivity index (χ1n) is 5.96. The van der Waals surface area contributed by atoms with Crippen LogP contribution in [0.1, 0.15) is 24.6 Å². The van der Waals surface area contributed by atoms with Gasteiger partial charge in [-0.3, -0.25) is 0 Å².